The molecule has 4 heteroatoms. The second kappa shape index (κ2) is 7.43. The summed E-state index contributed by atoms with van der Waals surface area (Å²) in [5.41, 5.74) is 4.09. The smallest absolute Gasteiger partial charge is 0.306 e. The summed E-state index contributed by atoms with van der Waals surface area (Å²) < 4.78 is 4.92. The maximum atomic E-state index is 11.3. The van der Waals surface area contributed by atoms with Gasteiger partial charge in [0, 0.05) is 30.9 Å². The molecular weight excluding hydrogens is 264 g/mol. The van der Waals surface area contributed by atoms with Crippen LogP contribution in [0.3, 0.4) is 0 Å². The Morgan fingerprint density at radius 1 is 1.29 bits per heavy atom. The van der Waals surface area contributed by atoms with E-state index in [1.165, 1.54) is 0 Å². The van der Waals surface area contributed by atoms with E-state index >= 15 is 0 Å². The van der Waals surface area contributed by atoms with E-state index in [1.54, 1.807) is 0 Å². The topological polar surface area (TPSA) is 51.2 Å². The largest absolute Gasteiger partial charge is 0.466 e. The van der Waals surface area contributed by atoms with Crippen molar-refractivity contribution in [3.8, 4) is 11.3 Å². The van der Waals surface area contributed by atoms with Crippen LogP contribution in [0.5, 0.6) is 0 Å². The lowest BCUT2D eigenvalue weighted by Gasteiger charge is -2.06. The molecule has 0 radical (unpaired) electrons. The van der Waals surface area contributed by atoms with Gasteiger partial charge < -0.3 is 10.1 Å². The van der Waals surface area contributed by atoms with Gasteiger partial charge >= 0.3 is 5.97 Å². The summed E-state index contributed by atoms with van der Waals surface area (Å²) in [6.07, 6.45) is 2.87. The van der Waals surface area contributed by atoms with Gasteiger partial charge in [-0.2, -0.15) is 0 Å². The second-order valence-electron chi connectivity index (χ2n) is 4.69. The first-order valence-corrected chi connectivity index (χ1v) is 7.11. The lowest BCUT2D eigenvalue weighted by molar-refractivity contribution is -0.143. The quantitative estimate of drug-likeness (QED) is 0.827. The predicted octanol–water partition coefficient (Wildman–Crippen LogP) is 3.29. The molecule has 0 amide bonds. The fourth-order valence-electron chi connectivity index (χ4n) is 2.06. The molecule has 1 aromatic heterocycles. The molecule has 0 unspecified atom stereocenters. The van der Waals surface area contributed by atoms with Crippen molar-refractivity contribution in [2.45, 2.75) is 19.8 Å². The summed E-state index contributed by atoms with van der Waals surface area (Å²) in [6, 6.07) is 12.1. The number of benzene rings is 1. The maximum Gasteiger partial charge on any atom is 0.306 e. The van der Waals surface area contributed by atoms with Crippen molar-refractivity contribution in [3.63, 3.8) is 0 Å². The van der Waals surface area contributed by atoms with Crippen molar-refractivity contribution in [1.29, 1.82) is 0 Å². The van der Waals surface area contributed by atoms with E-state index in [0.717, 1.165) is 22.5 Å². The minimum Gasteiger partial charge on any atom is -0.466 e. The molecule has 110 valence electrons. The van der Waals surface area contributed by atoms with Crippen molar-refractivity contribution in [2.75, 3.05) is 19.0 Å². The summed E-state index contributed by atoms with van der Waals surface area (Å²) in [7, 11) is 1.89. The van der Waals surface area contributed by atoms with Gasteiger partial charge in [0.05, 0.1) is 12.3 Å². The van der Waals surface area contributed by atoms with Crippen LogP contribution in [0.15, 0.2) is 42.6 Å². The molecule has 2 rings (SSSR count). The minimum atomic E-state index is -0.164. The third-order valence-electron chi connectivity index (χ3n) is 3.19. The Morgan fingerprint density at radius 3 is 2.81 bits per heavy atom. The van der Waals surface area contributed by atoms with Gasteiger partial charge in [0.1, 0.15) is 0 Å². The number of aryl methyl sites for hydroxylation is 1. The monoisotopic (exact) mass is 284 g/mol. The molecule has 0 aliphatic heterocycles. The summed E-state index contributed by atoms with van der Waals surface area (Å²) in [5, 5.41) is 3.11. The highest BCUT2D eigenvalue weighted by Crippen LogP contribution is 2.21. The zero-order valence-corrected chi connectivity index (χ0v) is 12.4. The van der Waals surface area contributed by atoms with Crippen LogP contribution in [0.25, 0.3) is 11.3 Å². The number of carbonyl (C=O) groups is 1. The maximum absolute atomic E-state index is 11.3. The molecule has 21 heavy (non-hydrogen) atoms. The Labute approximate surface area is 125 Å². The third kappa shape index (κ3) is 4.31. The number of carbonyl (C=O) groups excluding carboxylic acids is 1. The summed E-state index contributed by atoms with van der Waals surface area (Å²) in [5.74, 6) is -0.164. The number of nitrogens with zero attached hydrogens (tertiary/aromatic N) is 1. The predicted molar refractivity (Wildman–Crippen MR) is 84.2 cm³/mol. The van der Waals surface area contributed by atoms with E-state index in [9.17, 15) is 4.79 Å². The van der Waals surface area contributed by atoms with Crippen LogP contribution < -0.4 is 5.32 Å². The first-order chi connectivity index (χ1) is 10.2. The van der Waals surface area contributed by atoms with Crippen molar-refractivity contribution in [1.82, 2.24) is 4.98 Å². The minimum absolute atomic E-state index is 0.164. The standard InChI is InChI=1S/C17H20N2O2/c1-3-21-17(20)10-8-13-7-9-16(19-12-13)14-5-4-6-15(11-14)18-2/h4-7,9,11-12,18H,3,8,10H2,1-2H3. The molecule has 1 heterocycles. The van der Waals surface area contributed by atoms with Crippen molar-refractivity contribution in [2.24, 2.45) is 0 Å². The number of esters is 1. The van der Waals surface area contributed by atoms with Crippen molar-refractivity contribution in [3.05, 3.63) is 48.2 Å². The fraction of sp³-hybridized carbons (Fsp3) is 0.294. The van der Waals surface area contributed by atoms with E-state index in [4.69, 9.17) is 4.74 Å². The molecule has 0 bridgehead atoms. The van der Waals surface area contributed by atoms with Gasteiger partial charge in [0.15, 0.2) is 0 Å². The fourth-order valence-corrected chi connectivity index (χ4v) is 2.06. The molecular formula is C17H20N2O2. The van der Waals surface area contributed by atoms with Crippen LogP contribution in [0.1, 0.15) is 18.9 Å². The Morgan fingerprint density at radius 2 is 2.14 bits per heavy atom. The molecule has 0 atom stereocenters. The molecule has 1 N–H and O–H groups in total. The number of ether oxygens (including phenoxy) is 1. The molecule has 1 aromatic carbocycles. The molecule has 4 nitrogen and oxygen atoms in total. The van der Waals surface area contributed by atoms with Gasteiger partial charge in [0.2, 0.25) is 0 Å². The van der Waals surface area contributed by atoms with Gasteiger partial charge in [0.25, 0.3) is 0 Å². The highest BCUT2D eigenvalue weighted by molar-refractivity contribution is 5.69. The van der Waals surface area contributed by atoms with Crippen molar-refractivity contribution >= 4 is 11.7 Å². The molecule has 0 aliphatic rings. The third-order valence-corrected chi connectivity index (χ3v) is 3.19. The Balaban J connectivity index is 2.03. The van der Waals surface area contributed by atoms with E-state index in [0.29, 0.717) is 19.4 Å². The number of rotatable bonds is 6. The summed E-state index contributed by atoms with van der Waals surface area (Å²) in [4.78, 5) is 15.8. The summed E-state index contributed by atoms with van der Waals surface area (Å²) >= 11 is 0. The van der Waals surface area contributed by atoms with Gasteiger partial charge in [-0.3, -0.25) is 9.78 Å². The Hall–Kier alpha value is -2.36. The molecule has 0 spiro atoms. The Kier molecular flexibility index (Phi) is 5.32. The van der Waals surface area contributed by atoms with Gasteiger partial charge in [-0.15, -0.1) is 0 Å². The number of nitrogens with one attached hydrogen (secondary N) is 1. The number of pyridine rings is 1. The first kappa shape index (κ1) is 15.0. The van der Waals surface area contributed by atoms with Crippen LogP contribution in [0.2, 0.25) is 0 Å². The Bertz CT molecular complexity index is 594. The lowest BCUT2D eigenvalue weighted by atomic mass is 10.1. The highest BCUT2D eigenvalue weighted by atomic mass is 16.5. The number of anilines is 1. The number of hydrogen-bond acceptors (Lipinski definition) is 4. The first-order valence-electron chi connectivity index (χ1n) is 7.11. The molecule has 2 aromatic rings. The molecule has 0 saturated heterocycles. The average Bonchev–Trinajstić information content (AvgIpc) is 2.54. The average molecular weight is 284 g/mol. The highest BCUT2D eigenvalue weighted by Gasteiger charge is 2.04. The van der Waals surface area contributed by atoms with Gasteiger partial charge in [-0.25, -0.2) is 0 Å². The van der Waals surface area contributed by atoms with Gasteiger partial charge in [-0.05, 0) is 37.1 Å². The molecule has 0 fully saturated rings. The lowest BCUT2D eigenvalue weighted by Crippen LogP contribution is -2.05. The SMILES string of the molecule is CCOC(=O)CCc1ccc(-c2cccc(NC)c2)nc1. The van der Waals surface area contributed by atoms with E-state index in [1.807, 2.05) is 50.5 Å². The zero-order chi connectivity index (χ0) is 15.1. The van der Waals surface area contributed by atoms with E-state index in [-0.39, 0.29) is 5.97 Å². The second-order valence-corrected chi connectivity index (χ2v) is 4.69. The van der Waals surface area contributed by atoms with E-state index in [2.05, 4.69) is 16.4 Å². The van der Waals surface area contributed by atoms with Crippen LogP contribution in [0.4, 0.5) is 5.69 Å². The summed E-state index contributed by atoms with van der Waals surface area (Å²) in [6.45, 7) is 2.24. The molecule has 0 aliphatic carbocycles. The van der Waals surface area contributed by atoms with Gasteiger partial charge in [-0.1, -0.05) is 18.2 Å². The zero-order valence-electron chi connectivity index (χ0n) is 12.4. The van der Waals surface area contributed by atoms with Crippen molar-refractivity contribution < 1.29 is 9.53 Å². The van der Waals surface area contributed by atoms with Crippen LogP contribution >= 0.6 is 0 Å². The van der Waals surface area contributed by atoms with Crippen LogP contribution in [-0.2, 0) is 16.0 Å². The van der Waals surface area contributed by atoms with Crippen LogP contribution in [0, 0.1) is 0 Å². The molecule has 0 saturated carbocycles. The van der Waals surface area contributed by atoms with E-state index < -0.39 is 0 Å². The number of aromatic nitrogens is 1. The van der Waals surface area contributed by atoms with Crippen LogP contribution in [-0.4, -0.2) is 24.6 Å². The number of hydrogen-bond donors (Lipinski definition) is 1. The normalized spacial score (nSPS) is 10.2.